The van der Waals surface area contributed by atoms with Gasteiger partial charge in [-0.1, -0.05) is 13.3 Å². The molecule has 1 aromatic heterocycles. The Balaban J connectivity index is 2.61. The quantitative estimate of drug-likeness (QED) is 0.786. The summed E-state index contributed by atoms with van der Waals surface area (Å²) in [4.78, 5) is 12.5. The van der Waals surface area contributed by atoms with Crippen LogP contribution < -0.4 is 4.90 Å². The lowest BCUT2D eigenvalue weighted by Gasteiger charge is -2.14. The van der Waals surface area contributed by atoms with Crippen LogP contribution in [0, 0.1) is 0 Å². The van der Waals surface area contributed by atoms with Crippen LogP contribution in [-0.2, 0) is 0 Å². The SMILES string of the molecule is CCCCN(C)c1ccc(C(=O)O)o1. The summed E-state index contributed by atoms with van der Waals surface area (Å²) in [6.45, 7) is 2.99. The lowest BCUT2D eigenvalue weighted by molar-refractivity contribution is 0.0663. The molecule has 0 unspecified atom stereocenters. The highest BCUT2D eigenvalue weighted by atomic mass is 16.4. The number of carbonyl (C=O) groups is 1. The molecule has 0 atom stereocenters. The Labute approximate surface area is 83.1 Å². The summed E-state index contributed by atoms with van der Waals surface area (Å²) in [7, 11) is 1.89. The minimum absolute atomic E-state index is 0.0108. The summed E-state index contributed by atoms with van der Waals surface area (Å²) in [5, 5.41) is 8.64. The van der Waals surface area contributed by atoms with Gasteiger partial charge in [-0.2, -0.15) is 0 Å². The van der Waals surface area contributed by atoms with Crippen LogP contribution in [0.15, 0.2) is 16.5 Å². The van der Waals surface area contributed by atoms with Crippen molar-refractivity contribution in [3.63, 3.8) is 0 Å². The van der Waals surface area contributed by atoms with Gasteiger partial charge in [0.2, 0.25) is 5.76 Å². The third-order valence-electron chi connectivity index (χ3n) is 2.03. The molecule has 4 heteroatoms. The van der Waals surface area contributed by atoms with E-state index in [0.29, 0.717) is 5.88 Å². The first-order valence-corrected chi connectivity index (χ1v) is 4.69. The molecule has 78 valence electrons. The molecule has 0 aliphatic heterocycles. The fraction of sp³-hybridized carbons (Fsp3) is 0.500. The number of hydrogen-bond donors (Lipinski definition) is 1. The minimum atomic E-state index is -1.03. The van der Waals surface area contributed by atoms with E-state index in [1.807, 2.05) is 11.9 Å². The van der Waals surface area contributed by atoms with Crippen molar-refractivity contribution in [2.45, 2.75) is 19.8 Å². The first-order chi connectivity index (χ1) is 6.65. The molecule has 4 nitrogen and oxygen atoms in total. The molecule has 1 N–H and O–H groups in total. The van der Waals surface area contributed by atoms with E-state index in [1.54, 1.807) is 6.07 Å². The van der Waals surface area contributed by atoms with Crippen molar-refractivity contribution in [1.29, 1.82) is 0 Å². The number of hydrogen-bond acceptors (Lipinski definition) is 3. The average molecular weight is 197 g/mol. The van der Waals surface area contributed by atoms with Gasteiger partial charge in [-0.05, 0) is 12.5 Å². The van der Waals surface area contributed by atoms with Gasteiger partial charge in [0.1, 0.15) is 0 Å². The minimum Gasteiger partial charge on any atom is -0.475 e. The van der Waals surface area contributed by atoms with E-state index in [4.69, 9.17) is 9.52 Å². The number of nitrogens with zero attached hydrogens (tertiary/aromatic N) is 1. The molecule has 0 aliphatic carbocycles. The third-order valence-corrected chi connectivity index (χ3v) is 2.03. The second-order valence-electron chi connectivity index (χ2n) is 3.22. The second kappa shape index (κ2) is 4.69. The van der Waals surface area contributed by atoms with Crippen molar-refractivity contribution in [1.82, 2.24) is 0 Å². The van der Waals surface area contributed by atoms with Gasteiger partial charge < -0.3 is 14.4 Å². The Morgan fingerprint density at radius 3 is 2.79 bits per heavy atom. The zero-order valence-corrected chi connectivity index (χ0v) is 8.49. The van der Waals surface area contributed by atoms with E-state index in [0.717, 1.165) is 19.4 Å². The zero-order chi connectivity index (χ0) is 10.6. The highest BCUT2D eigenvalue weighted by Crippen LogP contribution is 2.17. The normalized spacial score (nSPS) is 10.1. The van der Waals surface area contributed by atoms with Gasteiger partial charge in [0, 0.05) is 19.7 Å². The summed E-state index contributed by atoms with van der Waals surface area (Å²) in [6.07, 6.45) is 2.18. The molecular weight excluding hydrogens is 182 g/mol. The molecule has 0 aliphatic rings. The van der Waals surface area contributed by atoms with Gasteiger partial charge >= 0.3 is 5.97 Å². The van der Waals surface area contributed by atoms with Gasteiger partial charge in [-0.25, -0.2) is 4.79 Å². The van der Waals surface area contributed by atoms with E-state index >= 15 is 0 Å². The van der Waals surface area contributed by atoms with Gasteiger partial charge in [-0.15, -0.1) is 0 Å². The zero-order valence-electron chi connectivity index (χ0n) is 8.49. The Hall–Kier alpha value is -1.45. The molecular formula is C10H15NO3. The number of furan rings is 1. The number of carboxylic acid groups (broad SMARTS) is 1. The summed E-state index contributed by atoms with van der Waals surface area (Å²) in [5.74, 6) is -0.431. The second-order valence-corrected chi connectivity index (χ2v) is 3.22. The van der Waals surface area contributed by atoms with E-state index in [9.17, 15) is 4.79 Å². The molecule has 0 amide bonds. The van der Waals surface area contributed by atoms with E-state index in [-0.39, 0.29) is 5.76 Å². The van der Waals surface area contributed by atoms with Gasteiger partial charge in [0.15, 0.2) is 5.88 Å². The van der Waals surface area contributed by atoms with E-state index in [2.05, 4.69) is 6.92 Å². The maximum absolute atomic E-state index is 10.5. The Kier molecular flexibility index (Phi) is 3.56. The summed E-state index contributed by atoms with van der Waals surface area (Å²) < 4.78 is 5.13. The molecule has 1 rings (SSSR count). The number of carboxylic acids is 1. The van der Waals surface area contributed by atoms with Gasteiger partial charge in [0.25, 0.3) is 0 Å². The van der Waals surface area contributed by atoms with Crippen molar-refractivity contribution in [3.05, 3.63) is 17.9 Å². The highest BCUT2D eigenvalue weighted by Gasteiger charge is 2.10. The Morgan fingerprint density at radius 1 is 1.57 bits per heavy atom. The van der Waals surface area contributed by atoms with Crippen LogP contribution in [0.25, 0.3) is 0 Å². The molecule has 0 spiro atoms. The van der Waals surface area contributed by atoms with Crippen molar-refractivity contribution >= 4 is 11.9 Å². The molecule has 0 bridgehead atoms. The predicted molar refractivity (Wildman–Crippen MR) is 53.8 cm³/mol. The number of aromatic carboxylic acids is 1. The summed E-state index contributed by atoms with van der Waals surface area (Å²) in [5.41, 5.74) is 0. The van der Waals surface area contributed by atoms with Crippen molar-refractivity contribution in [2.75, 3.05) is 18.5 Å². The third kappa shape index (κ3) is 2.52. The maximum Gasteiger partial charge on any atom is 0.371 e. The average Bonchev–Trinajstić information content (AvgIpc) is 2.62. The van der Waals surface area contributed by atoms with Crippen LogP contribution in [0.2, 0.25) is 0 Å². The maximum atomic E-state index is 10.5. The van der Waals surface area contributed by atoms with Crippen molar-refractivity contribution in [3.8, 4) is 0 Å². The topological polar surface area (TPSA) is 53.7 Å². The first-order valence-electron chi connectivity index (χ1n) is 4.69. The standard InChI is InChI=1S/C10H15NO3/c1-3-4-7-11(2)9-6-5-8(14-9)10(12)13/h5-6H,3-4,7H2,1-2H3,(H,12,13). The number of anilines is 1. The highest BCUT2D eigenvalue weighted by molar-refractivity contribution is 5.84. The van der Waals surface area contributed by atoms with Crippen LogP contribution in [0.4, 0.5) is 5.88 Å². The summed E-state index contributed by atoms with van der Waals surface area (Å²) in [6, 6.07) is 3.15. The van der Waals surface area contributed by atoms with Crippen molar-refractivity contribution in [2.24, 2.45) is 0 Å². The van der Waals surface area contributed by atoms with Crippen molar-refractivity contribution < 1.29 is 14.3 Å². The lowest BCUT2D eigenvalue weighted by atomic mass is 10.3. The van der Waals surface area contributed by atoms with Crippen LogP contribution in [0.3, 0.4) is 0 Å². The van der Waals surface area contributed by atoms with Crippen LogP contribution in [-0.4, -0.2) is 24.7 Å². The van der Waals surface area contributed by atoms with Crippen LogP contribution >= 0.6 is 0 Å². The lowest BCUT2D eigenvalue weighted by Crippen LogP contribution is -2.17. The number of rotatable bonds is 5. The van der Waals surface area contributed by atoms with Gasteiger partial charge in [-0.3, -0.25) is 0 Å². The molecule has 0 saturated heterocycles. The fourth-order valence-corrected chi connectivity index (χ4v) is 1.15. The monoisotopic (exact) mass is 197 g/mol. The molecule has 0 saturated carbocycles. The molecule has 0 aromatic carbocycles. The smallest absolute Gasteiger partial charge is 0.371 e. The molecule has 0 fully saturated rings. The van der Waals surface area contributed by atoms with E-state index < -0.39 is 5.97 Å². The first kappa shape index (κ1) is 10.6. The summed E-state index contributed by atoms with van der Waals surface area (Å²) >= 11 is 0. The molecule has 1 aromatic rings. The fourth-order valence-electron chi connectivity index (χ4n) is 1.15. The van der Waals surface area contributed by atoms with Gasteiger partial charge in [0.05, 0.1) is 0 Å². The molecule has 0 radical (unpaired) electrons. The predicted octanol–water partition coefficient (Wildman–Crippen LogP) is 2.21. The molecule has 14 heavy (non-hydrogen) atoms. The Bertz CT molecular complexity index is 306. The van der Waals surface area contributed by atoms with E-state index in [1.165, 1.54) is 6.07 Å². The Morgan fingerprint density at radius 2 is 2.29 bits per heavy atom. The van der Waals surface area contributed by atoms with Crippen LogP contribution in [0.5, 0.6) is 0 Å². The number of unbranched alkanes of at least 4 members (excludes halogenated alkanes) is 1. The molecule has 1 heterocycles. The van der Waals surface area contributed by atoms with Crippen LogP contribution in [0.1, 0.15) is 30.3 Å². The largest absolute Gasteiger partial charge is 0.475 e.